The molecule has 1 aromatic rings. The van der Waals surface area contributed by atoms with Gasteiger partial charge in [0.25, 0.3) is 0 Å². The van der Waals surface area contributed by atoms with E-state index in [1.165, 1.54) is 17.7 Å². The fourth-order valence-electron chi connectivity index (χ4n) is 1.86. The zero-order chi connectivity index (χ0) is 11.2. The Kier molecular flexibility index (Phi) is 4.57. The van der Waals surface area contributed by atoms with Gasteiger partial charge in [0.1, 0.15) is 0 Å². The molecule has 1 fully saturated rings. The van der Waals surface area contributed by atoms with E-state index in [0.29, 0.717) is 0 Å². The minimum Gasteiger partial charge on any atom is -0.312 e. The van der Waals surface area contributed by atoms with Crippen LogP contribution in [0.15, 0.2) is 30.2 Å². The molecule has 0 unspecified atom stereocenters. The van der Waals surface area contributed by atoms with E-state index in [9.17, 15) is 0 Å². The first-order chi connectivity index (χ1) is 7.90. The summed E-state index contributed by atoms with van der Waals surface area (Å²) in [6, 6.07) is 5.21. The monoisotopic (exact) mass is 236 g/mol. The van der Waals surface area contributed by atoms with Crippen molar-refractivity contribution in [2.75, 3.05) is 19.6 Å². The van der Waals surface area contributed by atoms with Crippen LogP contribution in [-0.4, -0.2) is 30.6 Å². The van der Waals surface area contributed by atoms with Crippen molar-refractivity contribution in [1.82, 2.24) is 10.2 Å². The molecule has 1 saturated carbocycles. The summed E-state index contributed by atoms with van der Waals surface area (Å²) in [4.78, 5) is 4.08. The molecule has 0 spiro atoms. The largest absolute Gasteiger partial charge is 0.312 e. The van der Waals surface area contributed by atoms with Crippen LogP contribution in [0.1, 0.15) is 17.7 Å². The molecule has 1 aliphatic carbocycles. The van der Waals surface area contributed by atoms with Crippen molar-refractivity contribution in [3.8, 4) is 0 Å². The lowest BCUT2D eigenvalue weighted by molar-refractivity contribution is 0.258. The summed E-state index contributed by atoms with van der Waals surface area (Å²) in [5, 5.41) is 5.53. The van der Waals surface area contributed by atoms with E-state index in [1.54, 1.807) is 0 Å². The van der Waals surface area contributed by atoms with Gasteiger partial charge in [-0.3, -0.25) is 4.90 Å². The molecule has 0 atom stereocenters. The smallest absolute Gasteiger partial charge is 0.0331 e. The van der Waals surface area contributed by atoms with Gasteiger partial charge in [0.2, 0.25) is 0 Å². The maximum absolute atomic E-state index is 3.71. The molecule has 2 rings (SSSR count). The first-order valence-corrected chi connectivity index (χ1v) is 6.86. The van der Waals surface area contributed by atoms with E-state index in [2.05, 4.69) is 34.3 Å². The fourth-order valence-corrected chi connectivity index (χ4v) is 2.59. The Bertz CT molecular complexity index is 304. The van der Waals surface area contributed by atoms with Crippen LogP contribution in [0.25, 0.3) is 0 Å². The Labute approximate surface area is 102 Å². The number of thiophene rings is 1. The van der Waals surface area contributed by atoms with Crippen LogP contribution in [-0.2, 0) is 6.54 Å². The molecule has 0 saturated heterocycles. The van der Waals surface area contributed by atoms with E-state index in [-0.39, 0.29) is 0 Å². The fraction of sp³-hybridized carbons (Fsp3) is 0.538. The molecular weight excluding hydrogens is 216 g/mol. The molecule has 2 nitrogen and oxygen atoms in total. The molecule has 0 aromatic carbocycles. The van der Waals surface area contributed by atoms with Crippen molar-refractivity contribution in [3.05, 3.63) is 35.0 Å². The van der Waals surface area contributed by atoms with Gasteiger partial charge in [-0.1, -0.05) is 12.1 Å². The van der Waals surface area contributed by atoms with Crippen molar-refractivity contribution in [2.45, 2.75) is 25.4 Å². The highest BCUT2D eigenvalue weighted by molar-refractivity contribution is 7.09. The van der Waals surface area contributed by atoms with Crippen LogP contribution in [0, 0.1) is 0 Å². The first-order valence-electron chi connectivity index (χ1n) is 5.98. The van der Waals surface area contributed by atoms with Crippen LogP contribution in [0.4, 0.5) is 0 Å². The second kappa shape index (κ2) is 6.18. The molecule has 0 amide bonds. The van der Waals surface area contributed by atoms with Crippen LogP contribution in [0.5, 0.6) is 0 Å². The molecule has 1 N–H and O–H groups in total. The summed E-state index contributed by atoms with van der Waals surface area (Å²) in [6.07, 6.45) is 4.68. The van der Waals surface area contributed by atoms with Crippen LogP contribution >= 0.6 is 11.3 Å². The average molecular weight is 236 g/mol. The van der Waals surface area contributed by atoms with Gasteiger partial charge in [-0.25, -0.2) is 0 Å². The summed E-state index contributed by atoms with van der Waals surface area (Å²) in [7, 11) is 0. The molecule has 16 heavy (non-hydrogen) atoms. The average Bonchev–Trinajstić information content (AvgIpc) is 3.02. The third-order valence-corrected chi connectivity index (χ3v) is 3.73. The third-order valence-electron chi connectivity index (χ3n) is 2.87. The zero-order valence-electron chi connectivity index (χ0n) is 9.69. The molecule has 3 heteroatoms. The summed E-state index contributed by atoms with van der Waals surface area (Å²) in [6.45, 7) is 7.96. The van der Waals surface area contributed by atoms with Gasteiger partial charge in [-0.15, -0.1) is 17.9 Å². The zero-order valence-corrected chi connectivity index (χ0v) is 10.5. The molecule has 0 radical (unpaired) electrons. The maximum Gasteiger partial charge on any atom is 0.0331 e. The predicted molar refractivity (Wildman–Crippen MR) is 70.8 cm³/mol. The Hall–Kier alpha value is -0.640. The van der Waals surface area contributed by atoms with Crippen LogP contribution < -0.4 is 5.32 Å². The van der Waals surface area contributed by atoms with Crippen LogP contribution in [0.2, 0.25) is 0 Å². The van der Waals surface area contributed by atoms with E-state index in [1.807, 2.05) is 17.4 Å². The number of hydrogen-bond acceptors (Lipinski definition) is 3. The highest BCUT2D eigenvalue weighted by atomic mass is 32.1. The predicted octanol–water partition coefficient (Wildman–Crippen LogP) is 2.49. The van der Waals surface area contributed by atoms with E-state index in [4.69, 9.17) is 0 Å². The van der Waals surface area contributed by atoms with Gasteiger partial charge >= 0.3 is 0 Å². The lowest BCUT2D eigenvalue weighted by Crippen LogP contribution is -2.33. The van der Waals surface area contributed by atoms with Gasteiger partial charge in [0, 0.05) is 37.1 Å². The number of nitrogens with one attached hydrogen (secondary N) is 1. The van der Waals surface area contributed by atoms with Gasteiger partial charge in [-0.2, -0.15) is 0 Å². The highest BCUT2D eigenvalue weighted by Crippen LogP contribution is 2.28. The third kappa shape index (κ3) is 3.74. The second-order valence-electron chi connectivity index (χ2n) is 4.27. The topological polar surface area (TPSA) is 15.3 Å². The first kappa shape index (κ1) is 11.8. The van der Waals surface area contributed by atoms with Crippen molar-refractivity contribution in [3.63, 3.8) is 0 Å². The minimum atomic E-state index is 0.840. The highest BCUT2D eigenvalue weighted by Gasteiger charge is 2.28. The van der Waals surface area contributed by atoms with Crippen molar-refractivity contribution in [2.24, 2.45) is 0 Å². The lowest BCUT2D eigenvalue weighted by atomic mass is 10.4. The molecular formula is C13H20N2S. The lowest BCUT2D eigenvalue weighted by Gasteiger charge is -2.21. The molecule has 1 heterocycles. The molecule has 0 bridgehead atoms. The Morgan fingerprint density at radius 2 is 2.44 bits per heavy atom. The van der Waals surface area contributed by atoms with Gasteiger partial charge in [0.05, 0.1) is 0 Å². The number of nitrogens with zero attached hydrogens (tertiary/aromatic N) is 1. The standard InChI is InChI=1S/C13H20N2S/c1-2-7-14-8-9-15(12-5-6-12)11-13-4-3-10-16-13/h2-4,10,12,14H,1,5-9,11H2. The maximum atomic E-state index is 3.71. The van der Waals surface area contributed by atoms with E-state index in [0.717, 1.165) is 32.2 Å². The van der Waals surface area contributed by atoms with E-state index >= 15 is 0 Å². The van der Waals surface area contributed by atoms with Crippen molar-refractivity contribution < 1.29 is 0 Å². The number of hydrogen-bond donors (Lipinski definition) is 1. The van der Waals surface area contributed by atoms with Gasteiger partial charge in [0.15, 0.2) is 0 Å². The molecule has 0 aliphatic heterocycles. The Balaban J connectivity index is 1.74. The van der Waals surface area contributed by atoms with Crippen molar-refractivity contribution in [1.29, 1.82) is 0 Å². The Morgan fingerprint density at radius 3 is 3.06 bits per heavy atom. The summed E-state index contributed by atoms with van der Waals surface area (Å²) in [5.74, 6) is 0. The van der Waals surface area contributed by atoms with Gasteiger partial charge in [-0.05, 0) is 24.3 Å². The normalized spacial score (nSPS) is 15.6. The summed E-state index contributed by atoms with van der Waals surface area (Å²) in [5.41, 5.74) is 0. The minimum absolute atomic E-state index is 0.840. The van der Waals surface area contributed by atoms with Crippen LogP contribution in [0.3, 0.4) is 0 Å². The Morgan fingerprint density at radius 1 is 1.56 bits per heavy atom. The van der Waals surface area contributed by atoms with E-state index < -0.39 is 0 Å². The SMILES string of the molecule is C=CCNCCN(Cc1cccs1)C1CC1. The van der Waals surface area contributed by atoms with Crippen molar-refractivity contribution >= 4 is 11.3 Å². The molecule has 88 valence electrons. The number of rotatable bonds is 8. The summed E-state index contributed by atoms with van der Waals surface area (Å²) < 4.78 is 0. The second-order valence-corrected chi connectivity index (χ2v) is 5.31. The quantitative estimate of drug-likeness (QED) is 0.551. The summed E-state index contributed by atoms with van der Waals surface area (Å²) >= 11 is 1.86. The molecule has 1 aromatic heterocycles. The molecule has 1 aliphatic rings. The van der Waals surface area contributed by atoms with Gasteiger partial charge < -0.3 is 5.32 Å².